The van der Waals surface area contributed by atoms with E-state index in [0.717, 1.165) is 12.1 Å². The van der Waals surface area contributed by atoms with Gasteiger partial charge in [-0.2, -0.15) is 27.1 Å². The van der Waals surface area contributed by atoms with E-state index in [-0.39, 0.29) is 17.9 Å². The van der Waals surface area contributed by atoms with Crippen LogP contribution in [0.15, 0.2) is 60.0 Å². The van der Waals surface area contributed by atoms with Gasteiger partial charge in [0.25, 0.3) is 5.76 Å². The number of benzene rings is 2. The summed E-state index contributed by atoms with van der Waals surface area (Å²) in [6.45, 7) is -0.256. The molecule has 0 radical (unpaired) electrons. The van der Waals surface area contributed by atoms with Crippen molar-refractivity contribution in [2.24, 2.45) is 0 Å². The highest BCUT2D eigenvalue weighted by atomic mass is 32.2. The summed E-state index contributed by atoms with van der Waals surface area (Å²) in [4.78, 5) is 16.4. The third-order valence-electron chi connectivity index (χ3n) is 3.80. The van der Waals surface area contributed by atoms with Gasteiger partial charge in [0, 0.05) is 10.6 Å². The molecule has 0 unspecified atom stereocenters. The molecule has 0 aliphatic rings. The fraction of sp³-hybridized carbons (Fsp3) is 0.167. The Balaban J connectivity index is 1.70. The molecule has 0 aliphatic heterocycles. The molecule has 12 heteroatoms. The van der Waals surface area contributed by atoms with Crippen LogP contribution in [0.2, 0.25) is 0 Å². The topological polar surface area (TPSA) is 71.8 Å². The Morgan fingerprint density at radius 1 is 1.13 bits per heavy atom. The van der Waals surface area contributed by atoms with Crippen LogP contribution >= 0.6 is 11.8 Å². The molecule has 1 amide bonds. The summed E-state index contributed by atoms with van der Waals surface area (Å²) in [6, 6.07) is 8.83. The standard InChI is InChI=1S/C18H14F5N5OS/c19-17(20)30-13-4-2-12(3-5-13)25-8-16(29)27-14-7-11(18(21,22)23)1-6-15(14)28-10-24-9-26-28/h1-7,9-10,17,25H,8H2,(H,27,29). The van der Waals surface area contributed by atoms with Gasteiger partial charge in [-0.3, -0.25) is 4.79 Å². The second kappa shape index (κ2) is 9.11. The van der Waals surface area contributed by atoms with Gasteiger partial charge in [-0.25, -0.2) is 9.67 Å². The van der Waals surface area contributed by atoms with Crippen molar-refractivity contribution in [3.8, 4) is 5.69 Å². The third kappa shape index (κ3) is 5.69. The number of nitrogens with zero attached hydrogens (tertiary/aromatic N) is 3. The van der Waals surface area contributed by atoms with Gasteiger partial charge in [0.1, 0.15) is 12.7 Å². The minimum absolute atomic E-state index is 0.0918. The number of halogens is 5. The number of anilines is 2. The van der Waals surface area contributed by atoms with Crippen LogP contribution < -0.4 is 10.6 Å². The van der Waals surface area contributed by atoms with E-state index in [4.69, 9.17) is 0 Å². The van der Waals surface area contributed by atoms with E-state index in [1.807, 2.05) is 0 Å². The highest BCUT2D eigenvalue weighted by Gasteiger charge is 2.31. The zero-order valence-electron chi connectivity index (χ0n) is 15.0. The van der Waals surface area contributed by atoms with Crippen molar-refractivity contribution >= 4 is 29.0 Å². The summed E-state index contributed by atoms with van der Waals surface area (Å²) in [5, 5.41) is 9.07. The van der Waals surface area contributed by atoms with Crippen molar-refractivity contribution in [2.75, 3.05) is 17.2 Å². The average molecular weight is 443 g/mol. The van der Waals surface area contributed by atoms with Gasteiger partial charge in [0.05, 0.1) is 23.5 Å². The Morgan fingerprint density at radius 3 is 2.47 bits per heavy atom. The zero-order chi connectivity index (χ0) is 21.7. The van der Waals surface area contributed by atoms with Gasteiger partial charge >= 0.3 is 6.18 Å². The molecule has 30 heavy (non-hydrogen) atoms. The molecule has 0 bridgehead atoms. The van der Waals surface area contributed by atoms with E-state index in [1.165, 1.54) is 47.7 Å². The number of thioether (sulfide) groups is 1. The lowest BCUT2D eigenvalue weighted by Crippen LogP contribution is -2.23. The van der Waals surface area contributed by atoms with E-state index in [2.05, 4.69) is 20.7 Å². The van der Waals surface area contributed by atoms with Crippen LogP contribution in [0.5, 0.6) is 0 Å². The minimum Gasteiger partial charge on any atom is -0.376 e. The van der Waals surface area contributed by atoms with Crippen LogP contribution in [-0.2, 0) is 11.0 Å². The first kappa shape index (κ1) is 21.6. The van der Waals surface area contributed by atoms with E-state index in [9.17, 15) is 26.7 Å². The Kier molecular flexibility index (Phi) is 6.55. The molecule has 1 heterocycles. The van der Waals surface area contributed by atoms with Crippen molar-refractivity contribution in [3.63, 3.8) is 0 Å². The average Bonchev–Trinajstić information content (AvgIpc) is 3.21. The van der Waals surface area contributed by atoms with Crippen LogP contribution in [0, 0.1) is 0 Å². The molecular formula is C18H14F5N5OS. The third-order valence-corrected chi connectivity index (χ3v) is 4.52. The number of aromatic nitrogens is 3. The lowest BCUT2D eigenvalue weighted by molar-refractivity contribution is -0.137. The number of carbonyl (C=O) groups is 1. The molecule has 2 aromatic carbocycles. The SMILES string of the molecule is O=C(CNc1ccc(SC(F)F)cc1)Nc1cc(C(F)(F)F)ccc1-n1cncn1. The van der Waals surface area contributed by atoms with Crippen molar-refractivity contribution in [2.45, 2.75) is 16.8 Å². The van der Waals surface area contributed by atoms with Crippen LogP contribution in [0.3, 0.4) is 0 Å². The van der Waals surface area contributed by atoms with Crippen LogP contribution in [-0.4, -0.2) is 33.0 Å². The smallest absolute Gasteiger partial charge is 0.376 e. The predicted molar refractivity (Wildman–Crippen MR) is 102 cm³/mol. The summed E-state index contributed by atoms with van der Waals surface area (Å²) in [6.07, 6.45) is -2.09. The normalized spacial score (nSPS) is 11.5. The Bertz CT molecular complexity index is 993. The van der Waals surface area contributed by atoms with Gasteiger partial charge in [-0.15, -0.1) is 0 Å². The highest BCUT2D eigenvalue weighted by Crippen LogP contribution is 2.33. The van der Waals surface area contributed by atoms with Gasteiger partial charge in [0.15, 0.2) is 0 Å². The minimum atomic E-state index is -4.59. The number of carbonyl (C=O) groups excluding carboxylic acids is 1. The zero-order valence-corrected chi connectivity index (χ0v) is 15.8. The Hall–Kier alpha value is -3.15. The van der Waals surface area contributed by atoms with Gasteiger partial charge < -0.3 is 10.6 Å². The first-order valence-electron chi connectivity index (χ1n) is 8.37. The summed E-state index contributed by atoms with van der Waals surface area (Å²) >= 11 is 0.391. The van der Waals surface area contributed by atoms with Crippen molar-refractivity contribution in [1.82, 2.24) is 14.8 Å². The Labute approximate surface area is 171 Å². The lowest BCUT2D eigenvalue weighted by Gasteiger charge is -2.15. The van der Waals surface area contributed by atoms with Crippen molar-refractivity contribution in [1.29, 1.82) is 0 Å². The maximum atomic E-state index is 13.1. The lowest BCUT2D eigenvalue weighted by atomic mass is 10.1. The molecule has 3 rings (SSSR count). The largest absolute Gasteiger partial charge is 0.416 e. The molecule has 2 N–H and O–H groups in total. The maximum Gasteiger partial charge on any atom is 0.416 e. The van der Waals surface area contributed by atoms with E-state index >= 15 is 0 Å². The Morgan fingerprint density at radius 2 is 1.87 bits per heavy atom. The van der Waals surface area contributed by atoms with E-state index in [1.54, 1.807) is 0 Å². The molecule has 0 aliphatic carbocycles. The first-order valence-corrected chi connectivity index (χ1v) is 9.25. The molecule has 0 atom stereocenters. The number of nitrogens with one attached hydrogen (secondary N) is 2. The highest BCUT2D eigenvalue weighted by molar-refractivity contribution is 7.99. The fourth-order valence-corrected chi connectivity index (χ4v) is 2.97. The van der Waals surface area contributed by atoms with Crippen LogP contribution in [0.1, 0.15) is 5.56 Å². The number of amides is 1. The van der Waals surface area contributed by atoms with E-state index < -0.39 is 23.4 Å². The van der Waals surface area contributed by atoms with Crippen molar-refractivity contribution in [3.05, 3.63) is 60.7 Å². The number of alkyl halides is 5. The second-order valence-corrected chi connectivity index (χ2v) is 6.94. The second-order valence-electron chi connectivity index (χ2n) is 5.87. The quantitative estimate of drug-likeness (QED) is 0.411. The summed E-state index contributed by atoms with van der Waals surface area (Å²) < 4.78 is 65.0. The maximum absolute atomic E-state index is 13.1. The molecule has 0 saturated carbocycles. The molecule has 1 aromatic heterocycles. The van der Waals surface area contributed by atoms with Crippen LogP contribution in [0.4, 0.5) is 33.3 Å². The van der Waals surface area contributed by atoms with Crippen molar-refractivity contribution < 1.29 is 26.7 Å². The molecule has 6 nitrogen and oxygen atoms in total. The van der Waals surface area contributed by atoms with Crippen LogP contribution in [0.25, 0.3) is 5.69 Å². The summed E-state index contributed by atoms with van der Waals surface area (Å²) in [5.41, 5.74) is -0.320. The monoisotopic (exact) mass is 443 g/mol. The first-order chi connectivity index (χ1) is 14.2. The van der Waals surface area contributed by atoms with Gasteiger partial charge in [0.2, 0.25) is 5.91 Å². The molecule has 0 saturated heterocycles. The molecule has 0 fully saturated rings. The number of hydrogen-bond acceptors (Lipinski definition) is 5. The molecule has 0 spiro atoms. The molecule has 158 valence electrons. The number of rotatable bonds is 7. The fourth-order valence-electron chi connectivity index (χ4n) is 2.48. The summed E-state index contributed by atoms with van der Waals surface area (Å²) in [5.74, 6) is -3.15. The molecule has 3 aromatic rings. The van der Waals surface area contributed by atoms with Gasteiger partial charge in [-0.1, -0.05) is 11.8 Å². The number of hydrogen-bond donors (Lipinski definition) is 2. The molecular weight excluding hydrogens is 429 g/mol. The van der Waals surface area contributed by atoms with E-state index in [0.29, 0.717) is 22.3 Å². The summed E-state index contributed by atoms with van der Waals surface area (Å²) in [7, 11) is 0. The van der Waals surface area contributed by atoms with Gasteiger partial charge in [-0.05, 0) is 42.5 Å². The predicted octanol–water partition coefficient (Wildman–Crippen LogP) is 4.65.